The zero-order chi connectivity index (χ0) is 22.2. The highest BCUT2D eigenvalue weighted by atomic mass is 32.1. The van der Waals surface area contributed by atoms with E-state index in [9.17, 15) is 0 Å². The van der Waals surface area contributed by atoms with Gasteiger partial charge in [0.1, 0.15) is 0 Å². The van der Waals surface area contributed by atoms with Gasteiger partial charge in [0.25, 0.3) is 0 Å². The van der Waals surface area contributed by atoms with Crippen LogP contribution in [0.25, 0.3) is 53.4 Å². The minimum absolute atomic E-state index is 0.0468. The molecule has 0 amide bonds. The zero-order valence-corrected chi connectivity index (χ0v) is 19.7. The van der Waals surface area contributed by atoms with E-state index in [2.05, 4.69) is 70.2 Å². The van der Waals surface area contributed by atoms with Crippen molar-refractivity contribution in [1.82, 2.24) is 19.9 Å². The van der Waals surface area contributed by atoms with E-state index in [0.717, 1.165) is 33.2 Å². The lowest BCUT2D eigenvalue weighted by molar-refractivity contribution is 0.676. The third-order valence-corrected chi connectivity index (χ3v) is 9.17. The molecule has 0 unspecified atom stereocenters. The van der Waals surface area contributed by atoms with Crippen LogP contribution in [0.4, 0.5) is 0 Å². The fraction of sp³-hybridized carbons (Fsp3) is 0.111. The van der Waals surface area contributed by atoms with Crippen molar-refractivity contribution in [1.29, 1.82) is 0 Å². The van der Waals surface area contributed by atoms with Gasteiger partial charge in [-0.2, -0.15) is 0 Å². The Hall–Kier alpha value is -3.48. The third-order valence-electron chi connectivity index (χ3n) is 6.48. The van der Waals surface area contributed by atoms with Crippen LogP contribution < -0.4 is 0 Å². The van der Waals surface area contributed by atoms with Crippen LogP contribution >= 0.6 is 22.7 Å². The number of nitrogens with zero attached hydrogens (tertiary/aromatic N) is 4. The van der Waals surface area contributed by atoms with Crippen molar-refractivity contribution < 1.29 is 0 Å². The molecule has 2 aromatic carbocycles. The Kier molecular flexibility index (Phi) is 3.90. The largest absolute Gasteiger partial charge is 0.253 e. The molecule has 6 heteroatoms. The Labute approximate surface area is 198 Å². The molecule has 7 rings (SSSR count). The second kappa shape index (κ2) is 6.76. The number of benzene rings is 2. The van der Waals surface area contributed by atoms with Crippen LogP contribution in [0.1, 0.15) is 24.3 Å². The molecule has 1 aliphatic carbocycles. The van der Waals surface area contributed by atoms with Crippen LogP contribution in [-0.2, 0) is 5.41 Å². The summed E-state index contributed by atoms with van der Waals surface area (Å²) in [6, 6.07) is 17.2. The van der Waals surface area contributed by atoms with Gasteiger partial charge >= 0.3 is 0 Å². The topological polar surface area (TPSA) is 51.6 Å². The predicted molar refractivity (Wildman–Crippen MR) is 137 cm³/mol. The first kappa shape index (κ1) is 19.0. The van der Waals surface area contributed by atoms with Crippen LogP contribution in [0.3, 0.4) is 0 Å². The summed E-state index contributed by atoms with van der Waals surface area (Å²) >= 11 is 3.74. The Morgan fingerprint density at radius 1 is 0.636 bits per heavy atom. The Bertz CT molecular complexity index is 1570. The molecule has 0 radical (unpaired) electrons. The first-order chi connectivity index (χ1) is 16.1. The van der Waals surface area contributed by atoms with Crippen molar-refractivity contribution >= 4 is 44.7 Å². The van der Waals surface area contributed by atoms with Gasteiger partial charge in [0.2, 0.25) is 0 Å². The average molecular weight is 463 g/mol. The predicted octanol–water partition coefficient (Wildman–Crippen LogP) is 7.34. The second-order valence-corrected chi connectivity index (χ2v) is 10.9. The lowest BCUT2D eigenvalue weighted by Crippen LogP contribution is -2.12. The molecule has 4 aromatic heterocycles. The molecule has 4 nitrogen and oxygen atoms in total. The molecule has 0 fully saturated rings. The van der Waals surface area contributed by atoms with Crippen LogP contribution in [0.2, 0.25) is 0 Å². The minimum atomic E-state index is -0.0468. The minimum Gasteiger partial charge on any atom is -0.253 e. The molecule has 0 bridgehead atoms. The molecule has 1 aliphatic rings. The van der Waals surface area contributed by atoms with Crippen LogP contribution in [0.5, 0.6) is 0 Å². The maximum Gasteiger partial charge on any atom is 0.0973 e. The van der Waals surface area contributed by atoms with E-state index >= 15 is 0 Å². The van der Waals surface area contributed by atoms with Gasteiger partial charge in [-0.1, -0.05) is 38.1 Å². The highest BCUT2D eigenvalue weighted by Crippen LogP contribution is 2.58. The van der Waals surface area contributed by atoms with Crippen molar-refractivity contribution in [3.8, 4) is 31.3 Å². The van der Waals surface area contributed by atoms with Crippen molar-refractivity contribution in [3.05, 3.63) is 83.8 Å². The number of aromatic nitrogens is 4. The van der Waals surface area contributed by atoms with E-state index in [-0.39, 0.29) is 5.41 Å². The van der Waals surface area contributed by atoms with Crippen LogP contribution in [-0.4, -0.2) is 19.9 Å². The lowest BCUT2D eigenvalue weighted by atomic mass is 9.88. The molecular weight excluding hydrogens is 444 g/mol. The van der Waals surface area contributed by atoms with E-state index in [1.165, 1.54) is 30.6 Å². The molecule has 0 spiro atoms. The fourth-order valence-electron chi connectivity index (χ4n) is 4.85. The molecule has 0 saturated carbocycles. The summed E-state index contributed by atoms with van der Waals surface area (Å²) in [5, 5.41) is 0. The SMILES string of the molecule is CC1(C)c2cc(-c3cccc4nccnc34)sc2-c2cc(-c3cccc4nccnc34)sc21. The number of para-hydroxylation sites is 2. The third kappa shape index (κ3) is 2.68. The number of thiophene rings is 2. The van der Waals surface area contributed by atoms with Crippen molar-refractivity contribution in [2.75, 3.05) is 0 Å². The van der Waals surface area contributed by atoms with Crippen LogP contribution in [0.15, 0.2) is 73.3 Å². The highest BCUT2D eigenvalue weighted by Gasteiger charge is 2.40. The van der Waals surface area contributed by atoms with Gasteiger partial charge in [0.15, 0.2) is 0 Å². The van der Waals surface area contributed by atoms with Gasteiger partial charge < -0.3 is 0 Å². The average Bonchev–Trinajstić information content (AvgIpc) is 3.52. The lowest BCUT2D eigenvalue weighted by Gasteiger charge is -2.18. The Morgan fingerprint density at radius 3 is 1.85 bits per heavy atom. The monoisotopic (exact) mass is 462 g/mol. The number of hydrogen-bond donors (Lipinski definition) is 0. The van der Waals surface area contributed by atoms with E-state index < -0.39 is 0 Å². The van der Waals surface area contributed by atoms with E-state index in [4.69, 9.17) is 0 Å². The maximum atomic E-state index is 4.63. The number of hydrogen-bond acceptors (Lipinski definition) is 6. The summed E-state index contributed by atoms with van der Waals surface area (Å²) in [4.78, 5) is 23.5. The molecular formula is C27H18N4S2. The summed E-state index contributed by atoms with van der Waals surface area (Å²) in [6.07, 6.45) is 7.04. The van der Waals surface area contributed by atoms with Crippen LogP contribution in [0, 0.1) is 0 Å². The molecule has 0 aliphatic heterocycles. The maximum absolute atomic E-state index is 4.63. The molecule has 33 heavy (non-hydrogen) atoms. The Morgan fingerprint density at radius 2 is 1.21 bits per heavy atom. The summed E-state index contributed by atoms with van der Waals surface area (Å²) in [6.45, 7) is 4.67. The molecule has 0 N–H and O–H groups in total. The first-order valence-electron chi connectivity index (χ1n) is 10.8. The molecule has 0 atom stereocenters. The van der Waals surface area contributed by atoms with Gasteiger partial charge in [0.05, 0.1) is 22.1 Å². The molecule has 4 heterocycles. The van der Waals surface area contributed by atoms with Crippen molar-refractivity contribution in [3.63, 3.8) is 0 Å². The van der Waals surface area contributed by atoms with E-state index in [0.29, 0.717) is 0 Å². The highest BCUT2D eigenvalue weighted by molar-refractivity contribution is 7.21. The van der Waals surface area contributed by atoms with Gasteiger partial charge in [-0.3, -0.25) is 19.9 Å². The molecule has 0 saturated heterocycles. The normalized spacial score (nSPS) is 14.0. The fourth-order valence-corrected chi connectivity index (χ4v) is 7.59. The van der Waals surface area contributed by atoms with Crippen molar-refractivity contribution in [2.45, 2.75) is 19.3 Å². The van der Waals surface area contributed by atoms with E-state index in [1.54, 1.807) is 24.8 Å². The number of fused-ring (bicyclic) bond motifs is 5. The molecule has 6 aromatic rings. The Balaban J connectivity index is 1.41. The summed E-state index contributed by atoms with van der Waals surface area (Å²) in [7, 11) is 0. The van der Waals surface area contributed by atoms with Gasteiger partial charge in [0, 0.05) is 66.4 Å². The second-order valence-electron chi connectivity index (χ2n) is 8.79. The zero-order valence-electron chi connectivity index (χ0n) is 18.0. The standard InChI is InChI=1S/C27H18N4S2/c1-27(2)18-14-22(16-6-4-8-20-24(16)31-12-10-29-20)32-25(18)17-13-21(33-26(17)27)15-5-3-7-19-23(15)30-11-9-28-19/h3-14H,1-2H3. The van der Waals surface area contributed by atoms with Gasteiger partial charge in [-0.05, 0) is 29.8 Å². The van der Waals surface area contributed by atoms with Gasteiger partial charge in [-0.15, -0.1) is 22.7 Å². The van der Waals surface area contributed by atoms with E-state index in [1.807, 2.05) is 34.8 Å². The van der Waals surface area contributed by atoms with Crippen molar-refractivity contribution in [2.24, 2.45) is 0 Å². The summed E-state index contributed by atoms with van der Waals surface area (Å²) in [5.41, 5.74) is 8.77. The number of rotatable bonds is 2. The molecule has 158 valence electrons. The quantitative estimate of drug-likeness (QED) is 0.270. The smallest absolute Gasteiger partial charge is 0.0973 e. The van der Waals surface area contributed by atoms with Gasteiger partial charge in [-0.25, -0.2) is 0 Å². The first-order valence-corrected chi connectivity index (χ1v) is 12.4. The summed E-state index contributed by atoms with van der Waals surface area (Å²) in [5.74, 6) is 0. The summed E-state index contributed by atoms with van der Waals surface area (Å²) < 4.78 is 0.